The molecule has 134 valence electrons. The van der Waals surface area contributed by atoms with Crippen molar-refractivity contribution in [1.29, 1.82) is 0 Å². The van der Waals surface area contributed by atoms with E-state index >= 15 is 0 Å². The first-order valence-electron chi connectivity index (χ1n) is 8.32. The van der Waals surface area contributed by atoms with Crippen LogP contribution in [-0.2, 0) is 13.6 Å². The van der Waals surface area contributed by atoms with Crippen LogP contribution in [0.2, 0.25) is 0 Å². The number of piperazine rings is 1. The van der Waals surface area contributed by atoms with E-state index in [1.54, 1.807) is 18.5 Å². The molecule has 8 nitrogen and oxygen atoms in total. The fourth-order valence-corrected chi connectivity index (χ4v) is 3.55. The molecule has 0 aliphatic carbocycles. The van der Waals surface area contributed by atoms with Gasteiger partial charge >= 0.3 is 0 Å². The van der Waals surface area contributed by atoms with Gasteiger partial charge in [-0.15, -0.1) is 5.92 Å². The van der Waals surface area contributed by atoms with Crippen molar-refractivity contribution in [2.24, 2.45) is 12.8 Å². The van der Waals surface area contributed by atoms with E-state index < -0.39 is 0 Å². The van der Waals surface area contributed by atoms with Crippen LogP contribution >= 0.6 is 11.8 Å². The molecule has 0 bridgehead atoms. The van der Waals surface area contributed by atoms with E-state index in [4.69, 9.17) is 5.73 Å². The highest BCUT2D eigenvalue weighted by molar-refractivity contribution is 7.99. The standard InChI is InChI=1S/C16H23N7OS/c1-3-4-8-23-12-13(19-15(23)22-9-6-18-7-10-22)20-16(25-11-5-17)21(2)14(12)24/h18H,5-11,17H2,1-2H3. The molecular formula is C16H23N7OS. The minimum absolute atomic E-state index is 0.101. The zero-order valence-electron chi connectivity index (χ0n) is 14.6. The molecule has 0 unspecified atom stereocenters. The summed E-state index contributed by atoms with van der Waals surface area (Å²) >= 11 is 1.47. The molecule has 25 heavy (non-hydrogen) atoms. The molecule has 0 amide bonds. The smallest absolute Gasteiger partial charge is 0.280 e. The number of hydrogen-bond acceptors (Lipinski definition) is 7. The first kappa shape index (κ1) is 17.8. The number of fused-ring (bicyclic) bond motifs is 1. The largest absolute Gasteiger partial charge is 0.340 e. The lowest BCUT2D eigenvalue weighted by Crippen LogP contribution is -2.44. The highest BCUT2D eigenvalue weighted by atomic mass is 32.2. The number of thioether (sulfide) groups is 1. The van der Waals surface area contributed by atoms with E-state index in [2.05, 4.69) is 32.0 Å². The molecule has 2 aromatic rings. The molecule has 0 saturated carbocycles. The Bertz CT molecular complexity index is 870. The van der Waals surface area contributed by atoms with Crippen molar-refractivity contribution < 1.29 is 0 Å². The molecule has 2 aromatic heterocycles. The van der Waals surface area contributed by atoms with Crippen LogP contribution in [0.15, 0.2) is 9.95 Å². The number of aromatic nitrogens is 4. The molecule has 1 aliphatic heterocycles. The summed E-state index contributed by atoms with van der Waals surface area (Å²) in [6.45, 7) is 6.23. The number of hydrogen-bond donors (Lipinski definition) is 2. The summed E-state index contributed by atoms with van der Waals surface area (Å²) in [6, 6.07) is 0. The summed E-state index contributed by atoms with van der Waals surface area (Å²) in [4.78, 5) is 24.4. The molecule has 0 radical (unpaired) electrons. The molecule has 9 heteroatoms. The topological polar surface area (TPSA) is 94.0 Å². The lowest BCUT2D eigenvalue weighted by Gasteiger charge is -2.28. The Balaban J connectivity index is 2.15. The minimum Gasteiger partial charge on any atom is -0.340 e. The van der Waals surface area contributed by atoms with Crippen LogP contribution in [0.25, 0.3) is 11.2 Å². The molecule has 3 heterocycles. The van der Waals surface area contributed by atoms with Gasteiger partial charge in [-0.2, -0.15) is 4.98 Å². The molecule has 0 atom stereocenters. The van der Waals surface area contributed by atoms with Crippen LogP contribution in [0.1, 0.15) is 6.92 Å². The summed E-state index contributed by atoms with van der Waals surface area (Å²) in [7, 11) is 1.74. The quantitative estimate of drug-likeness (QED) is 0.426. The highest BCUT2D eigenvalue weighted by Crippen LogP contribution is 2.22. The van der Waals surface area contributed by atoms with Crippen LogP contribution in [-0.4, -0.2) is 57.6 Å². The monoisotopic (exact) mass is 361 g/mol. The number of imidazole rings is 1. The van der Waals surface area contributed by atoms with Crippen LogP contribution in [0, 0.1) is 11.8 Å². The predicted octanol–water partition coefficient (Wildman–Crippen LogP) is -0.386. The van der Waals surface area contributed by atoms with Gasteiger partial charge in [-0.05, 0) is 6.92 Å². The van der Waals surface area contributed by atoms with Crippen LogP contribution < -0.4 is 21.5 Å². The molecule has 1 aliphatic rings. The predicted molar refractivity (Wildman–Crippen MR) is 101 cm³/mol. The van der Waals surface area contributed by atoms with Gasteiger partial charge in [-0.1, -0.05) is 17.7 Å². The molecule has 0 spiro atoms. The first-order valence-corrected chi connectivity index (χ1v) is 9.31. The molecule has 3 N–H and O–H groups in total. The van der Waals surface area contributed by atoms with E-state index in [1.165, 1.54) is 11.8 Å². The van der Waals surface area contributed by atoms with Gasteiger partial charge in [0.2, 0.25) is 5.95 Å². The molecule has 1 fully saturated rings. The van der Waals surface area contributed by atoms with Crippen molar-refractivity contribution in [3.8, 4) is 11.8 Å². The van der Waals surface area contributed by atoms with Crippen molar-refractivity contribution in [1.82, 2.24) is 24.4 Å². The average Bonchev–Trinajstić information content (AvgIpc) is 3.01. The zero-order valence-corrected chi connectivity index (χ0v) is 15.4. The molecule has 1 saturated heterocycles. The number of anilines is 1. The van der Waals surface area contributed by atoms with Crippen LogP contribution in [0.4, 0.5) is 5.95 Å². The Morgan fingerprint density at radius 3 is 2.76 bits per heavy atom. The third kappa shape index (κ3) is 3.51. The maximum atomic E-state index is 12.9. The number of nitrogens with zero attached hydrogens (tertiary/aromatic N) is 5. The second-order valence-electron chi connectivity index (χ2n) is 5.73. The van der Waals surface area contributed by atoms with E-state index in [0.29, 0.717) is 35.2 Å². The van der Waals surface area contributed by atoms with Crippen LogP contribution in [0.5, 0.6) is 0 Å². The fourth-order valence-electron chi connectivity index (χ4n) is 2.82. The summed E-state index contributed by atoms with van der Waals surface area (Å²) in [5.74, 6) is 7.42. The van der Waals surface area contributed by atoms with Gasteiger partial charge in [0.05, 0.1) is 6.54 Å². The summed E-state index contributed by atoms with van der Waals surface area (Å²) in [6.07, 6.45) is 0. The summed E-state index contributed by atoms with van der Waals surface area (Å²) in [5, 5.41) is 3.97. The van der Waals surface area contributed by atoms with Crippen molar-refractivity contribution in [2.45, 2.75) is 18.6 Å². The molecule has 3 rings (SSSR count). The highest BCUT2D eigenvalue weighted by Gasteiger charge is 2.22. The number of nitrogens with one attached hydrogen (secondary N) is 1. The first-order chi connectivity index (χ1) is 12.2. The van der Waals surface area contributed by atoms with Crippen LogP contribution in [0.3, 0.4) is 0 Å². The fraction of sp³-hybridized carbons (Fsp3) is 0.562. The maximum Gasteiger partial charge on any atom is 0.280 e. The Kier molecular flexibility index (Phi) is 5.63. The SMILES string of the molecule is CC#CCn1c(N2CCNCC2)nc2nc(SCCN)n(C)c(=O)c21. The Hall–Kier alpha value is -2.02. The van der Waals surface area contributed by atoms with Gasteiger partial charge in [0.15, 0.2) is 16.3 Å². The second-order valence-corrected chi connectivity index (χ2v) is 6.79. The van der Waals surface area contributed by atoms with Crippen molar-refractivity contribution in [3.05, 3.63) is 10.4 Å². The molecular weight excluding hydrogens is 338 g/mol. The molecule has 0 aromatic carbocycles. The normalized spacial score (nSPS) is 14.6. The van der Waals surface area contributed by atoms with Gasteiger partial charge in [-0.3, -0.25) is 13.9 Å². The van der Waals surface area contributed by atoms with E-state index in [-0.39, 0.29) is 5.56 Å². The minimum atomic E-state index is -0.101. The third-order valence-electron chi connectivity index (χ3n) is 4.09. The average molecular weight is 361 g/mol. The van der Waals surface area contributed by atoms with Crippen molar-refractivity contribution in [3.63, 3.8) is 0 Å². The third-order valence-corrected chi connectivity index (χ3v) is 5.15. The van der Waals surface area contributed by atoms with Crippen molar-refractivity contribution in [2.75, 3.05) is 43.4 Å². The lowest BCUT2D eigenvalue weighted by atomic mass is 10.4. The van der Waals surface area contributed by atoms with E-state index in [0.717, 1.165) is 32.1 Å². The Morgan fingerprint density at radius 2 is 2.08 bits per heavy atom. The van der Waals surface area contributed by atoms with Gasteiger partial charge < -0.3 is 16.0 Å². The van der Waals surface area contributed by atoms with Gasteiger partial charge in [-0.25, -0.2) is 4.98 Å². The Labute approximate surface area is 150 Å². The Morgan fingerprint density at radius 1 is 1.32 bits per heavy atom. The number of nitrogens with two attached hydrogens (primary N) is 1. The summed E-state index contributed by atoms with van der Waals surface area (Å²) < 4.78 is 3.46. The second kappa shape index (κ2) is 7.91. The van der Waals surface area contributed by atoms with Gasteiger partial charge in [0, 0.05) is 45.5 Å². The lowest BCUT2D eigenvalue weighted by molar-refractivity contribution is 0.573. The van der Waals surface area contributed by atoms with E-state index in [1.807, 2.05) is 4.57 Å². The van der Waals surface area contributed by atoms with Gasteiger partial charge in [0.25, 0.3) is 5.56 Å². The zero-order chi connectivity index (χ0) is 17.8. The van der Waals surface area contributed by atoms with Gasteiger partial charge in [0.1, 0.15) is 0 Å². The van der Waals surface area contributed by atoms with Crippen molar-refractivity contribution >= 4 is 28.9 Å². The number of rotatable bonds is 5. The van der Waals surface area contributed by atoms with E-state index in [9.17, 15) is 4.79 Å². The maximum absolute atomic E-state index is 12.9. The summed E-state index contributed by atoms with van der Waals surface area (Å²) in [5.41, 5.74) is 6.46.